The summed E-state index contributed by atoms with van der Waals surface area (Å²) in [6, 6.07) is 5.24. The average molecular weight is 267 g/mol. The Morgan fingerprint density at radius 2 is 2.13 bits per heavy atom. The molecule has 5 heteroatoms. The molecule has 0 saturated heterocycles. The molecule has 4 nitrogen and oxygen atoms in total. The summed E-state index contributed by atoms with van der Waals surface area (Å²) in [6.07, 6.45) is 1.27. The van der Waals surface area contributed by atoms with E-state index in [1.165, 1.54) is 6.20 Å². The van der Waals surface area contributed by atoms with Crippen molar-refractivity contribution in [3.63, 3.8) is 0 Å². The Morgan fingerprint density at radius 3 is 2.80 bits per heavy atom. The van der Waals surface area contributed by atoms with E-state index in [9.17, 15) is 4.79 Å². The Kier molecular flexibility index (Phi) is 2.32. The van der Waals surface area contributed by atoms with Crippen LogP contribution in [0.1, 0.15) is 10.4 Å². The van der Waals surface area contributed by atoms with Crippen LogP contribution >= 0.6 is 15.9 Å². The number of hydrogen-bond acceptors (Lipinski definition) is 3. The third-order valence-corrected chi connectivity index (χ3v) is 2.60. The van der Waals surface area contributed by atoms with Crippen molar-refractivity contribution in [2.45, 2.75) is 0 Å². The maximum atomic E-state index is 10.9. The van der Waals surface area contributed by atoms with Crippen molar-refractivity contribution in [2.75, 3.05) is 5.73 Å². The van der Waals surface area contributed by atoms with E-state index in [1.807, 2.05) is 0 Å². The van der Waals surface area contributed by atoms with Crippen molar-refractivity contribution in [1.29, 1.82) is 0 Å². The van der Waals surface area contributed by atoms with Crippen LogP contribution in [0.3, 0.4) is 0 Å². The van der Waals surface area contributed by atoms with Gasteiger partial charge in [0, 0.05) is 21.4 Å². The van der Waals surface area contributed by atoms with Gasteiger partial charge in [0.25, 0.3) is 0 Å². The normalized spacial score (nSPS) is 10.5. The van der Waals surface area contributed by atoms with Crippen LogP contribution < -0.4 is 5.73 Å². The Labute approximate surface area is 93.9 Å². The lowest BCUT2D eigenvalue weighted by molar-refractivity contribution is 0.0698. The van der Waals surface area contributed by atoms with Crippen LogP contribution in [-0.2, 0) is 0 Å². The molecule has 0 saturated carbocycles. The highest BCUT2D eigenvalue weighted by Crippen LogP contribution is 2.26. The van der Waals surface area contributed by atoms with Crippen LogP contribution in [-0.4, -0.2) is 16.1 Å². The predicted octanol–water partition coefficient (Wildman–Crippen LogP) is 2.28. The second kappa shape index (κ2) is 3.51. The van der Waals surface area contributed by atoms with Crippen LogP contribution in [0.25, 0.3) is 10.8 Å². The Hall–Kier alpha value is -1.62. The maximum absolute atomic E-state index is 10.9. The third kappa shape index (κ3) is 1.66. The summed E-state index contributed by atoms with van der Waals surface area (Å²) < 4.78 is 0.839. The maximum Gasteiger partial charge on any atom is 0.337 e. The van der Waals surface area contributed by atoms with Crippen LogP contribution in [0, 0.1) is 0 Å². The molecule has 1 heterocycles. The van der Waals surface area contributed by atoms with Crippen molar-refractivity contribution in [1.82, 2.24) is 4.98 Å². The minimum absolute atomic E-state index is 0.159. The number of rotatable bonds is 1. The summed E-state index contributed by atoms with van der Waals surface area (Å²) in [5.41, 5.74) is 5.83. The zero-order chi connectivity index (χ0) is 11.0. The topological polar surface area (TPSA) is 76.2 Å². The van der Waals surface area contributed by atoms with E-state index in [4.69, 9.17) is 10.8 Å². The van der Waals surface area contributed by atoms with Crippen LogP contribution in [0.5, 0.6) is 0 Å². The van der Waals surface area contributed by atoms with Crippen molar-refractivity contribution >= 4 is 38.5 Å². The lowest BCUT2D eigenvalue weighted by atomic mass is 10.1. The number of nitrogen functional groups attached to an aromatic ring is 1. The number of nitrogens with two attached hydrogens (primary N) is 1. The second-order valence-electron chi connectivity index (χ2n) is 3.05. The van der Waals surface area contributed by atoms with E-state index in [2.05, 4.69) is 20.9 Å². The second-order valence-corrected chi connectivity index (χ2v) is 3.97. The molecule has 0 bridgehead atoms. The highest BCUT2D eigenvalue weighted by atomic mass is 79.9. The molecule has 0 unspecified atom stereocenters. The number of hydrogen-bond donors (Lipinski definition) is 2. The molecule has 0 amide bonds. The predicted molar refractivity (Wildman–Crippen MR) is 60.8 cm³/mol. The SMILES string of the molecule is Nc1ncc(C(=O)O)c2ccc(Br)cc12. The number of carbonyl (C=O) groups is 1. The Morgan fingerprint density at radius 1 is 1.40 bits per heavy atom. The van der Waals surface area contributed by atoms with Crippen LogP contribution in [0.2, 0.25) is 0 Å². The van der Waals surface area contributed by atoms with E-state index < -0.39 is 5.97 Å². The molecule has 0 spiro atoms. The lowest BCUT2D eigenvalue weighted by Crippen LogP contribution is -2.01. The number of nitrogens with zero attached hydrogens (tertiary/aromatic N) is 1. The molecule has 2 aromatic rings. The molecular weight excluding hydrogens is 260 g/mol. The van der Waals surface area contributed by atoms with Crippen molar-refractivity contribution in [3.05, 3.63) is 34.4 Å². The molecule has 0 aliphatic carbocycles. The number of halogens is 1. The zero-order valence-electron chi connectivity index (χ0n) is 7.57. The van der Waals surface area contributed by atoms with Gasteiger partial charge in [-0.05, 0) is 12.1 Å². The third-order valence-electron chi connectivity index (χ3n) is 2.11. The summed E-state index contributed by atoms with van der Waals surface area (Å²) in [5.74, 6) is -0.675. The summed E-state index contributed by atoms with van der Waals surface area (Å²) in [4.78, 5) is 14.8. The number of benzene rings is 1. The van der Waals surface area contributed by atoms with Gasteiger partial charge in [-0.1, -0.05) is 22.0 Å². The fraction of sp³-hybridized carbons (Fsp3) is 0. The number of aromatic carboxylic acids is 1. The quantitative estimate of drug-likeness (QED) is 0.831. The van der Waals surface area contributed by atoms with Crippen molar-refractivity contribution < 1.29 is 9.90 Å². The van der Waals surface area contributed by atoms with E-state index in [-0.39, 0.29) is 5.56 Å². The number of carboxylic acid groups (broad SMARTS) is 1. The van der Waals surface area contributed by atoms with Crippen LogP contribution in [0.4, 0.5) is 5.82 Å². The molecule has 3 N–H and O–H groups in total. The van der Waals surface area contributed by atoms with Crippen molar-refractivity contribution in [3.8, 4) is 0 Å². The van der Waals surface area contributed by atoms with Gasteiger partial charge in [-0.25, -0.2) is 9.78 Å². The van der Waals surface area contributed by atoms with Crippen LogP contribution in [0.15, 0.2) is 28.9 Å². The molecule has 0 radical (unpaired) electrons. The first-order chi connectivity index (χ1) is 7.09. The monoisotopic (exact) mass is 266 g/mol. The molecule has 0 aliphatic heterocycles. The fourth-order valence-electron chi connectivity index (χ4n) is 1.41. The summed E-state index contributed by atoms with van der Waals surface area (Å²) in [7, 11) is 0. The first-order valence-corrected chi connectivity index (χ1v) is 4.96. The standard InChI is InChI=1S/C10H7BrN2O2/c11-5-1-2-6-7(3-5)9(12)13-4-8(6)10(14)15/h1-4H,(H2,12,13)(H,14,15). The van der Waals surface area contributed by atoms with E-state index in [1.54, 1.807) is 18.2 Å². The molecule has 0 atom stereocenters. The molecule has 0 aliphatic rings. The molecule has 76 valence electrons. The summed E-state index contributed by atoms with van der Waals surface area (Å²) in [6.45, 7) is 0. The highest BCUT2D eigenvalue weighted by molar-refractivity contribution is 9.10. The number of carboxylic acids is 1. The Bertz CT molecular complexity index is 554. The molecular formula is C10H7BrN2O2. The number of anilines is 1. The highest BCUT2D eigenvalue weighted by Gasteiger charge is 2.11. The lowest BCUT2D eigenvalue weighted by Gasteiger charge is -2.04. The summed E-state index contributed by atoms with van der Waals surface area (Å²) >= 11 is 3.30. The first-order valence-electron chi connectivity index (χ1n) is 4.16. The zero-order valence-corrected chi connectivity index (χ0v) is 9.15. The minimum atomic E-state index is -1.00. The van der Waals surface area contributed by atoms with Gasteiger partial charge in [-0.3, -0.25) is 0 Å². The molecule has 2 rings (SSSR count). The van der Waals surface area contributed by atoms with Gasteiger partial charge in [-0.15, -0.1) is 0 Å². The molecule has 15 heavy (non-hydrogen) atoms. The van der Waals surface area contributed by atoms with Gasteiger partial charge in [0.2, 0.25) is 0 Å². The number of aromatic nitrogens is 1. The van der Waals surface area contributed by atoms with Gasteiger partial charge in [0.1, 0.15) is 5.82 Å². The fourth-order valence-corrected chi connectivity index (χ4v) is 1.77. The molecule has 1 aromatic heterocycles. The van der Waals surface area contributed by atoms with E-state index in [0.29, 0.717) is 16.6 Å². The molecule has 0 fully saturated rings. The van der Waals surface area contributed by atoms with Gasteiger partial charge in [-0.2, -0.15) is 0 Å². The minimum Gasteiger partial charge on any atom is -0.478 e. The van der Waals surface area contributed by atoms with Gasteiger partial charge < -0.3 is 10.8 Å². The van der Waals surface area contributed by atoms with Gasteiger partial charge in [0.15, 0.2) is 0 Å². The van der Waals surface area contributed by atoms with E-state index >= 15 is 0 Å². The number of pyridine rings is 1. The molecule has 1 aromatic carbocycles. The Balaban J connectivity index is 2.88. The van der Waals surface area contributed by atoms with Gasteiger partial charge >= 0.3 is 5.97 Å². The van der Waals surface area contributed by atoms with E-state index in [0.717, 1.165) is 4.47 Å². The average Bonchev–Trinajstić information content (AvgIpc) is 2.19. The number of fused-ring (bicyclic) bond motifs is 1. The summed E-state index contributed by atoms with van der Waals surface area (Å²) in [5, 5.41) is 10.2. The van der Waals surface area contributed by atoms with Gasteiger partial charge in [0.05, 0.1) is 5.56 Å². The first kappa shape index (κ1) is 9.92. The largest absolute Gasteiger partial charge is 0.478 e. The van der Waals surface area contributed by atoms with Crippen molar-refractivity contribution in [2.24, 2.45) is 0 Å². The smallest absolute Gasteiger partial charge is 0.337 e.